The van der Waals surface area contributed by atoms with Gasteiger partial charge in [-0.2, -0.15) is 0 Å². The summed E-state index contributed by atoms with van der Waals surface area (Å²) in [6.07, 6.45) is 3.94. The Kier molecular flexibility index (Phi) is 10.1. The van der Waals surface area contributed by atoms with Crippen LogP contribution in [0.1, 0.15) is 64.1 Å². The second kappa shape index (κ2) is 14.3. The van der Waals surface area contributed by atoms with Crippen LogP contribution < -0.4 is 4.98 Å². The van der Waals surface area contributed by atoms with Crippen LogP contribution in [0.3, 0.4) is 0 Å². The summed E-state index contributed by atoms with van der Waals surface area (Å²) in [6, 6.07) is 32.3. The third kappa shape index (κ3) is 6.75. The maximum Gasteiger partial charge on any atom is 0.134 e. The monoisotopic (exact) mass is 887 g/mol. The first kappa shape index (κ1) is 39.5. The summed E-state index contributed by atoms with van der Waals surface area (Å²) in [5.41, 5.74) is 8.83. The second-order valence-electron chi connectivity index (χ2n) is 16.3. The standard InChI is InChI=1S/C47H38BrN4O2.2Co/c1-46(2,3)28-21-31-35-17-19-39(49-35)41(25-9-13-30(48)14-10-25)40-20-18-36(50-40)32-22-29(47(4,5)6)24-34(45(32)54)38-16-12-27-8-7-26-11-15-37(33(23-28)44(31)53)51-42(26)43(27)52-38;;/h7-24H,1-6H3,(H2-,49,50,51,52,53,54);;/q-1;;. The molecule has 0 aliphatic carbocycles. The molecule has 284 valence electrons. The minimum atomic E-state index is -0.228. The summed E-state index contributed by atoms with van der Waals surface area (Å²) in [7, 11) is 0. The third-order valence-corrected chi connectivity index (χ3v) is 11.0. The number of fused-ring (bicyclic) bond motifs is 14. The fourth-order valence-corrected chi connectivity index (χ4v) is 7.59. The van der Waals surface area contributed by atoms with Gasteiger partial charge in [0.15, 0.2) is 0 Å². The molecule has 0 unspecified atom stereocenters. The van der Waals surface area contributed by atoms with E-state index in [1.807, 2.05) is 109 Å². The topological polar surface area (TPSA) is 93.2 Å². The van der Waals surface area contributed by atoms with Crippen LogP contribution in [-0.2, 0) is 44.4 Å². The number of phenolic OH excluding ortho intramolecular Hbond substituents is 2. The number of hydrogen-bond donors (Lipinski definition) is 2. The molecule has 0 saturated carbocycles. The molecule has 0 spiro atoms. The number of aromatic hydroxyl groups is 2. The van der Waals surface area contributed by atoms with Gasteiger partial charge in [-0.1, -0.05) is 106 Å². The van der Waals surface area contributed by atoms with E-state index in [9.17, 15) is 10.2 Å². The van der Waals surface area contributed by atoms with Crippen molar-refractivity contribution >= 4 is 93.5 Å². The molecule has 2 N–H and O–H groups in total. The van der Waals surface area contributed by atoms with Crippen LogP contribution in [0.5, 0.6) is 11.5 Å². The van der Waals surface area contributed by atoms with E-state index in [-0.39, 0.29) is 55.9 Å². The molecule has 56 heavy (non-hydrogen) atoms. The largest absolute Gasteiger partial charge is 0.657 e. The summed E-state index contributed by atoms with van der Waals surface area (Å²) < 4.78 is 0.962. The van der Waals surface area contributed by atoms with Crippen molar-refractivity contribution in [2.24, 2.45) is 0 Å². The molecule has 12 bridgehead atoms. The van der Waals surface area contributed by atoms with Gasteiger partial charge in [-0.25, -0.2) is 15.0 Å². The molecular weight excluding hydrogens is 850 g/mol. The van der Waals surface area contributed by atoms with Crippen LogP contribution in [0.25, 0.3) is 88.7 Å². The Bertz CT molecular complexity index is 3050. The fourth-order valence-electron chi connectivity index (χ4n) is 7.33. The number of phenols is 2. The van der Waals surface area contributed by atoms with Crippen LogP contribution in [0.4, 0.5) is 0 Å². The Hall–Kier alpha value is -4.78. The van der Waals surface area contributed by atoms with Crippen LogP contribution in [0, 0.1) is 0 Å². The Morgan fingerprint density at radius 1 is 0.518 bits per heavy atom. The van der Waals surface area contributed by atoms with E-state index < -0.39 is 0 Å². The van der Waals surface area contributed by atoms with Crippen LogP contribution in [0.2, 0.25) is 0 Å². The smallest absolute Gasteiger partial charge is 0.134 e. The minimum Gasteiger partial charge on any atom is -0.657 e. The molecule has 4 aromatic carbocycles. The summed E-state index contributed by atoms with van der Waals surface area (Å²) in [4.78, 5) is 20.8. The van der Waals surface area contributed by atoms with Crippen molar-refractivity contribution in [2.45, 2.75) is 52.4 Å². The van der Waals surface area contributed by atoms with Gasteiger partial charge >= 0.3 is 0 Å². The van der Waals surface area contributed by atoms with Crippen molar-refractivity contribution in [3.8, 4) is 22.6 Å². The number of pyridine rings is 2. The fraction of sp³-hybridized carbons (Fsp3) is 0.170. The molecule has 0 fully saturated rings. The zero-order valence-corrected chi connectivity index (χ0v) is 35.3. The van der Waals surface area contributed by atoms with E-state index in [0.29, 0.717) is 54.8 Å². The third-order valence-electron chi connectivity index (χ3n) is 10.5. The van der Waals surface area contributed by atoms with E-state index in [4.69, 9.17) is 19.9 Å². The van der Waals surface area contributed by atoms with Gasteiger partial charge in [0.1, 0.15) is 11.5 Å². The maximum absolute atomic E-state index is 12.1. The maximum atomic E-state index is 12.1. The Morgan fingerprint density at radius 3 is 1.54 bits per heavy atom. The van der Waals surface area contributed by atoms with Gasteiger partial charge in [0, 0.05) is 70.3 Å². The van der Waals surface area contributed by atoms with Crippen LogP contribution in [-0.4, -0.2) is 25.2 Å². The zero-order chi connectivity index (χ0) is 37.7. The van der Waals surface area contributed by atoms with Gasteiger partial charge in [-0.3, -0.25) is 0 Å². The molecule has 0 amide bonds. The molecule has 9 rings (SSSR count). The summed E-state index contributed by atoms with van der Waals surface area (Å²) >= 11 is 3.59. The molecule has 1 aliphatic heterocycles. The predicted octanol–water partition coefficient (Wildman–Crippen LogP) is 12.3. The van der Waals surface area contributed by atoms with Crippen molar-refractivity contribution in [1.82, 2.24) is 19.9 Å². The van der Waals surface area contributed by atoms with Crippen molar-refractivity contribution in [3.05, 3.63) is 124 Å². The van der Waals surface area contributed by atoms with Gasteiger partial charge in [-0.15, -0.1) is 11.0 Å². The van der Waals surface area contributed by atoms with Crippen molar-refractivity contribution < 1.29 is 43.8 Å². The van der Waals surface area contributed by atoms with E-state index in [1.54, 1.807) is 0 Å². The predicted molar refractivity (Wildman–Crippen MR) is 227 cm³/mol. The van der Waals surface area contributed by atoms with Gasteiger partial charge in [0.25, 0.3) is 0 Å². The van der Waals surface area contributed by atoms with E-state index in [0.717, 1.165) is 48.7 Å². The molecular formula is C47H38BrCo2N4O2-. The molecule has 6 nitrogen and oxygen atoms in total. The first-order valence-electron chi connectivity index (χ1n) is 18.1. The number of nitrogens with zero attached hydrogens (tertiary/aromatic N) is 4. The van der Waals surface area contributed by atoms with E-state index in [1.165, 1.54) is 0 Å². The summed E-state index contributed by atoms with van der Waals surface area (Å²) in [6.45, 7) is 13.0. The summed E-state index contributed by atoms with van der Waals surface area (Å²) in [5.74, 6) is 0.224. The first-order valence-corrected chi connectivity index (χ1v) is 18.9. The number of hydrogen-bond acceptors (Lipinski definition) is 5. The first-order chi connectivity index (χ1) is 25.7. The quantitative estimate of drug-likeness (QED) is 0.160. The van der Waals surface area contributed by atoms with E-state index in [2.05, 4.69) is 57.5 Å². The van der Waals surface area contributed by atoms with Crippen LogP contribution >= 0.6 is 15.9 Å². The van der Waals surface area contributed by atoms with Gasteiger partial charge in [0.2, 0.25) is 0 Å². The minimum absolute atomic E-state index is 0. The number of halogens is 1. The van der Waals surface area contributed by atoms with Crippen molar-refractivity contribution in [3.63, 3.8) is 0 Å². The van der Waals surface area contributed by atoms with Crippen molar-refractivity contribution in [1.29, 1.82) is 0 Å². The Morgan fingerprint density at radius 2 is 0.982 bits per heavy atom. The molecule has 0 saturated heterocycles. The van der Waals surface area contributed by atoms with Gasteiger partial charge in [0.05, 0.1) is 33.5 Å². The molecule has 8 aromatic rings. The number of benzene rings is 4. The normalized spacial score (nSPS) is 12.3. The molecule has 4 aromatic heterocycles. The Labute approximate surface area is 354 Å². The van der Waals surface area contributed by atoms with Gasteiger partial charge in [-0.05, 0) is 93.8 Å². The molecule has 9 heteroatoms. The molecule has 0 atom stereocenters. The number of aromatic nitrogens is 4. The average Bonchev–Trinajstić information content (AvgIpc) is 3.82. The molecule has 5 heterocycles. The molecule has 2 radical (unpaired) electrons. The van der Waals surface area contributed by atoms with Crippen LogP contribution in [0.15, 0.2) is 102 Å². The second-order valence-corrected chi connectivity index (χ2v) is 17.2. The SMILES string of the molecule is CC(C)(C)c1cc2c3nc(c(-c4ccc(Br)cc4)c4ccc([n-]4)c4cc(C(C)(C)C)cc(c4O)c4ccc5ccc6ccc(nc6c5n4)c(c1)c2O)C=C3.[Co].[Co]. The zero-order valence-electron chi connectivity index (χ0n) is 31.6. The van der Waals surface area contributed by atoms with E-state index >= 15 is 0 Å². The molecule has 1 aliphatic rings. The number of rotatable bonds is 1. The van der Waals surface area contributed by atoms with Gasteiger partial charge < -0.3 is 15.2 Å². The Balaban J connectivity index is 0.00000240. The van der Waals surface area contributed by atoms with Crippen molar-refractivity contribution in [2.75, 3.05) is 0 Å². The summed E-state index contributed by atoms with van der Waals surface area (Å²) in [5, 5.41) is 28.6. The average molecular weight is 889 g/mol.